The lowest BCUT2D eigenvalue weighted by Gasteiger charge is -2.17. The Labute approximate surface area is 133 Å². The number of carbonyl (C=O) groups excluding carboxylic acids is 1. The second-order valence-corrected chi connectivity index (χ2v) is 6.40. The largest absolute Gasteiger partial charge is 0.299 e. The van der Waals surface area contributed by atoms with Crippen LogP contribution in [0.2, 0.25) is 0 Å². The van der Waals surface area contributed by atoms with Crippen LogP contribution >= 0.6 is 15.9 Å². The zero-order chi connectivity index (χ0) is 14.7. The Morgan fingerprint density at radius 3 is 2.57 bits per heavy atom. The first-order valence-corrected chi connectivity index (χ1v) is 8.14. The van der Waals surface area contributed by atoms with Crippen LogP contribution in [-0.4, -0.2) is 23.8 Å². The van der Waals surface area contributed by atoms with Gasteiger partial charge in [-0.25, -0.2) is 0 Å². The molecule has 108 valence electrons. The molecule has 0 aromatic heterocycles. The van der Waals surface area contributed by atoms with Gasteiger partial charge in [0.1, 0.15) is 0 Å². The monoisotopic (exact) mass is 343 g/mol. The number of hydrogen-bond acceptors (Lipinski definition) is 2. The molecular formula is C18H18BrNO. The molecule has 0 spiro atoms. The van der Waals surface area contributed by atoms with E-state index >= 15 is 0 Å². The van der Waals surface area contributed by atoms with Gasteiger partial charge in [0, 0.05) is 22.1 Å². The van der Waals surface area contributed by atoms with E-state index in [2.05, 4.69) is 26.9 Å². The predicted octanol–water partition coefficient (Wildman–Crippen LogP) is 4.28. The number of rotatable bonds is 4. The van der Waals surface area contributed by atoms with Crippen molar-refractivity contribution in [2.75, 3.05) is 13.1 Å². The van der Waals surface area contributed by atoms with Crippen LogP contribution in [-0.2, 0) is 6.54 Å². The number of halogens is 1. The molecule has 1 fully saturated rings. The molecule has 2 aromatic rings. The van der Waals surface area contributed by atoms with E-state index in [0.717, 1.165) is 40.8 Å². The Bertz CT molecular complexity index is 647. The zero-order valence-corrected chi connectivity index (χ0v) is 13.5. The van der Waals surface area contributed by atoms with Crippen molar-refractivity contribution in [2.45, 2.75) is 19.4 Å². The van der Waals surface area contributed by atoms with Crippen molar-refractivity contribution < 1.29 is 4.79 Å². The van der Waals surface area contributed by atoms with Crippen molar-refractivity contribution in [3.63, 3.8) is 0 Å². The van der Waals surface area contributed by atoms with Crippen molar-refractivity contribution in [2.24, 2.45) is 0 Å². The zero-order valence-electron chi connectivity index (χ0n) is 11.9. The topological polar surface area (TPSA) is 20.3 Å². The van der Waals surface area contributed by atoms with Gasteiger partial charge >= 0.3 is 0 Å². The second kappa shape index (κ2) is 6.54. The van der Waals surface area contributed by atoms with Gasteiger partial charge in [-0.05, 0) is 43.6 Å². The number of nitrogens with zero attached hydrogens (tertiary/aromatic N) is 1. The molecule has 1 heterocycles. The first-order chi connectivity index (χ1) is 10.2. The highest BCUT2D eigenvalue weighted by atomic mass is 79.9. The standard InChI is InChI=1S/C18H18BrNO/c19-16-8-5-7-14(12-16)18(21)17-9-2-1-6-15(17)13-20-10-3-4-11-20/h1-2,5-9,12H,3-4,10-11,13H2. The Morgan fingerprint density at radius 2 is 1.81 bits per heavy atom. The van der Waals surface area contributed by atoms with Crippen LogP contribution in [0.5, 0.6) is 0 Å². The van der Waals surface area contributed by atoms with Gasteiger partial charge in [-0.2, -0.15) is 0 Å². The summed E-state index contributed by atoms with van der Waals surface area (Å²) < 4.78 is 0.936. The fourth-order valence-corrected chi connectivity index (χ4v) is 3.25. The molecule has 0 radical (unpaired) electrons. The lowest BCUT2D eigenvalue weighted by molar-refractivity contribution is 0.103. The van der Waals surface area contributed by atoms with Crippen molar-refractivity contribution in [1.29, 1.82) is 0 Å². The molecule has 0 N–H and O–H groups in total. The molecule has 3 heteroatoms. The molecule has 0 amide bonds. The van der Waals surface area contributed by atoms with Crippen LogP contribution < -0.4 is 0 Å². The third kappa shape index (κ3) is 3.42. The normalized spacial score (nSPS) is 15.3. The van der Waals surface area contributed by atoms with Crippen molar-refractivity contribution in [3.8, 4) is 0 Å². The number of likely N-dealkylation sites (tertiary alicyclic amines) is 1. The van der Waals surface area contributed by atoms with Crippen LogP contribution in [0.15, 0.2) is 53.0 Å². The summed E-state index contributed by atoms with van der Waals surface area (Å²) in [5, 5.41) is 0. The Hall–Kier alpha value is -1.45. The van der Waals surface area contributed by atoms with Crippen LogP contribution in [0.4, 0.5) is 0 Å². The molecule has 2 aromatic carbocycles. The highest BCUT2D eigenvalue weighted by Crippen LogP contribution is 2.20. The van der Waals surface area contributed by atoms with Crippen LogP contribution in [0.3, 0.4) is 0 Å². The Kier molecular flexibility index (Phi) is 4.51. The Balaban J connectivity index is 1.89. The first-order valence-electron chi connectivity index (χ1n) is 7.34. The fraction of sp³-hybridized carbons (Fsp3) is 0.278. The van der Waals surface area contributed by atoms with Gasteiger partial charge in [-0.3, -0.25) is 9.69 Å². The lowest BCUT2D eigenvalue weighted by Crippen LogP contribution is -2.20. The van der Waals surface area contributed by atoms with E-state index in [1.807, 2.05) is 42.5 Å². The Morgan fingerprint density at radius 1 is 1.05 bits per heavy atom. The van der Waals surface area contributed by atoms with E-state index in [-0.39, 0.29) is 5.78 Å². The van der Waals surface area contributed by atoms with E-state index < -0.39 is 0 Å². The molecule has 0 unspecified atom stereocenters. The summed E-state index contributed by atoms with van der Waals surface area (Å²) in [7, 11) is 0. The SMILES string of the molecule is O=C(c1cccc(Br)c1)c1ccccc1CN1CCCC1. The van der Waals surface area contributed by atoms with E-state index in [1.54, 1.807) is 0 Å². The van der Waals surface area contributed by atoms with E-state index in [4.69, 9.17) is 0 Å². The van der Waals surface area contributed by atoms with Crippen LogP contribution in [0, 0.1) is 0 Å². The van der Waals surface area contributed by atoms with Crippen LogP contribution in [0.1, 0.15) is 34.3 Å². The summed E-state index contributed by atoms with van der Waals surface area (Å²) in [6.07, 6.45) is 2.53. The minimum atomic E-state index is 0.103. The van der Waals surface area contributed by atoms with E-state index in [9.17, 15) is 4.79 Å². The first kappa shape index (κ1) is 14.5. The van der Waals surface area contributed by atoms with Gasteiger partial charge in [0.05, 0.1) is 0 Å². The van der Waals surface area contributed by atoms with Crippen LogP contribution in [0.25, 0.3) is 0 Å². The molecule has 1 aliphatic heterocycles. The quantitative estimate of drug-likeness (QED) is 0.772. The summed E-state index contributed by atoms with van der Waals surface area (Å²) in [6.45, 7) is 3.15. The third-order valence-corrected chi connectivity index (χ3v) is 4.43. The second-order valence-electron chi connectivity index (χ2n) is 5.48. The predicted molar refractivity (Wildman–Crippen MR) is 88.5 cm³/mol. The molecule has 1 saturated heterocycles. The number of ketones is 1. The summed E-state index contributed by atoms with van der Waals surface area (Å²) in [5.41, 5.74) is 2.69. The van der Waals surface area contributed by atoms with E-state index in [0.29, 0.717) is 0 Å². The van der Waals surface area contributed by atoms with Gasteiger partial charge in [0.25, 0.3) is 0 Å². The average Bonchev–Trinajstić information content (AvgIpc) is 3.00. The number of carbonyl (C=O) groups is 1. The summed E-state index contributed by atoms with van der Waals surface area (Å²) in [5.74, 6) is 0.103. The molecule has 0 saturated carbocycles. The maximum atomic E-state index is 12.8. The molecule has 21 heavy (non-hydrogen) atoms. The van der Waals surface area contributed by atoms with Crippen molar-refractivity contribution in [3.05, 3.63) is 69.7 Å². The maximum Gasteiger partial charge on any atom is 0.193 e. The number of benzene rings is 2. The van der Waals surface area contributed by atoms with E-state index in [1.165, 1.54) is 12.8 Å². The minimum Gasteiger partial charge on any atom is -0.299 e. The molecule has 2 nitrogen and oxygen atoms in total. The lowest BCUT2D eigenvalue weighted by atomic mass is 9.98. The van der Waals surface area contributed by atoms with Gasteiger partial charge in [0.15, 0.2) is 5.78 Å². The minimum absolute atomic E-state index is 0.103. The van der Waals surface area contributed by atoms with Gasteiger partial charge in [-0.15, -0.1) is 0 Å². The third-order valence-electron chi connectivity index (χ3n) is 3.94. The van der Waals surface area contributed by atoms with Gasteiger partial charge in [0.2, 0.25) is 0 Å². The van der Waals surface area contributed by atoms with Gasteiger partial charge < -0.3 is 0 Å². The average molecular weight is 344 g/mol. The molecule has 0 bridgehead atoms. The van der Waals surface area contributed by atoms with Gasteiger partial charge in [-0.1, -0.05) is 52.3 Å². The highest BCUT2D eigenvalue weighted by molar-refractivity contribution is 9.10. The maximum absolute atomic E-state index is 12.8. The molecule has 0 atom stereocenters. The van der Waals surface area contributed by atoms with Crippen molar-refractivity contribution >= 4 is 21.7 Å². The summed E-state index contributed by atoms with van der Waals surface area (Å²) in [6, 6.07) is 15.6. The molecular weight excluding hydrogens is 326 g/mol. The molecule has 3 rings (SSSR count). The molecule has 0 aliphatic carbocycles. The molecule has 1 aliphatic rings. The van der Waals surface area contributed by atoms with Crippen molar-refractivity contribution in [1.82, 2.24) is 4.90 Å². The summed E-state index contributed by atoms with van der Waals surface area (Å²) >= 11 is 3.43. The fourth-order valence-electron chi connectivity index (χ4n) is 2.85. The smallest absolute Gasteiger partial charge is 0.193 e. The highest BCUT2D eigenvalue weighted by Gasteiger charge is 2.17. The summed E-state index contributed by atoms with van der Waals surface area (Å²) in [4.78, 5) is 15.2. The number of hydrogen-bond donors (Lipinski definition) is 0.